The molecule has 2 rings (SSSR count). The Hall–Kier alpha value is -1.28. The second-order valence-corrected chi connectivity index (χ2v) is 5.44. The Morgan fingerprint density at radius 2 is 1.94 bits per heavy atom. The molecule has 2 nitrogen and oxygen atoms in total. The van der Waals surface area contributed by atoms with Crippen molar-refractivity contribution in [2.75, 3.05) is 0 Å². The number of aryl methyl sites for hydroxylation is 1. The molecule has 2 heteroatoms. The number of benzene rings is 1. The Balaban J connectivity index is 2.62. The molecule has 0 fully saturated rings. The van der Waals surface area contributed by atoms with Crippen LogP contribution in [-0.2, 0) is 6.54 Å². The topological polar surface area (TPSA) is 30.9 Å². The Bertz CT molecular complexity index is 521. The van der Waals surface area contributed by atoms with Crippen LogP contribution in [0.2, 0.25) is 0 Å². The molecule has 0 amide bonds. The van der Waals surface area contributed by atoms with Crippen molar-refractivity contribution in [2.24, 2.45) is 11.7 Å². The molecule has 0 bridgehead atoms. The third-order valence-corrected chi connectivity index (χ3v) is 3.12. The maximum absolute atomic E-state index is 6.05. The van der Waals surface area contributed by atoms with Gasteiger partial charge >= 0.3 is 0 Å². The van der Waals surface area contributed by atoms with Gasteiger partial charge in [0.05, 0.1) is 0 Å². The van der Waals surface area contributed by atoms with E-state index >= 15 is 0 Å². The first-order chi connectivity index (χ1) is 7.99. The van der Waals surface area contributed by atoms with Gasteiger partial charge in [0.15, 0.2) is 0 Å². The summed E-state index contributed by atoms with van der Waals surface area (Å²) >= 11 is 0. The second-order valence-electron chi connectivity index (χ2n) is 5.44. The summed E-state index contributed by atoms with van der Waals surface area (Å²) < 4.78 is 2.34. The van der Waals surface area contributed by atoms with Crippen LogP contribution < -0.4 is 5.73 Å². The average molecular weight is 230 g/mol. The lowest BCUT2D eigenvalue weighted by atomic mass is 10.1. The summed E-state index contributed by atoms with van der Waals surface area (Å²) in [5.41, 5.74) is 9.91. The minimum Gasteiger partial charge on any atom is -0.347 e. The normalized spacial score (nSPS) is 13.5. The van der Waals surface area contributed by atoms with Crippen molar-refractivity contribution in [2.45, 2.75) is 40.3 Å². The molecule has 0 aliphatic rings. The van der Waals surface area contributed by atoms with Crippen LogP contribution in [-0.4, -0.2) is 4.57 Å². The quantitative estimate of drug-likeness (QED) is 0.857. The number of nitrogens with two attached hydrogens (primary N) is 1. The van der Waals surface area contributed by atoms with E-state index in [0.29, 0.717) is 5.92 Å². The minimum atomic E-state index is 0.0913. The second kappa shape index (κ2) is 4.53. The molecule has 2 aromatic rings. The molecule has 0 aliphatic heterocycles. The third kappa shape index (κ3) is 2.37. The monoisotopic (exact) mass is 230 g/mol. The predicted octanol–water partition coefficient (Wildman–Crippen LogP) is 3.63. The van der Waals surface area contributed by atoms with Crippen LogP contribution in [0, 0.1) is 12.8 Å². The van der Waals surface area contributed by atoms with Crippen molar-refractivity contribution in [1.82, 2.24) is 4.57 Å². The molecule has 0 unspecified atom stereocenters. The van der Waals surface area contributed by atoms with Gasteiger partial charge < -0.3 is 10.3 Å². The molecule has 1 heterocycles. The SMILES string of the molecule is Cc1ccc2c([C@@H](C)N)cn(CC(C)C)c2c1. The molecule has 0 aliphatic carbocycles. The van der Waals surface area contributed by atoms with E-state index in [0.717, 1.165) is 6.54 Å². The summed E-state index contributed by atoms with van der Waals surface area (Å²) in [6, 6.07) is 6.70. The van der Waals surface area contributed by atoms with Crippen molar-refractivity contribution in [3.8, 4) is 0 Å². The molecule has 92 valence electrons. The Morgan fingerprint density at radius 3 is 2.53 bits per heavy atom. The summed E-state index contributed by atoms with van der Waals surface area (Å²) in [5.74, 6) is 0.645. The van der Waals surface area contributed by atoms with Gasteiger partial charge in [-0.2, -0.15) is 0 Å². The van der Waals surface area contributed by atoms with Gasteiger partial charge in [-0.15, -0.1) is 0 Å². The van der Waals surface area contributed by atoms with Gasteiger partial charge in [-0.05, 0) is 37.0 Å². The van der Waals surface area contributed by atoms with E-state index in [1.54, 1.807) is 0 Å². The van der Waals surface area contributed by atoms with Gasteiger partial charge in [0.25, 0.3) is 0 Å². The van der Waals surface area contributed by atoms with E-state index < -0.39 is 0 Å². The highest BCUT2D eigenvalue weighted by Gasteiger charge is 2.12. The average Bonchev–Trinajstić information content (AvgIpc) is 2.56. The van der Waals surface area contributed by atoms with Crippen molar-refractivity contribution >= 4 is 10.9 Å². The number of hydrogen-bond donors (Lipinski definition) is 1. The van der Waals surface area contributed by atoms with Gasteiger partial charge in [0.2, 0.25) is 0 Å². The zero-order valence-corrected chi connectivity index (χ0v) is 11.2. The molecule has 0 radical (unpaired) electrons. The lowest BCUT2D eigenvalue weighted by molar-refractivity contribution is 0.533. The van der Waals surface area contributed by atoms with Crippen LogP contribution in [0.1, 0.15) is 37.9 Å². The fourth-order valence-corrected chi connectivity index (χ4v) is 2.34. The summed E-state index contributed by atoms with van der Waals surface area (Å²) in [7, 11) is 0. The van der Waals surface area contributed by atoms with Crippen LogP contribution in [0.4, 0.5) is 0 Å². The zero-order chi connectivity index (χ0) is 12.6. The highest BCUT2D eigenvalue weighted by molar-refractivity contribution is 5.85. The smallest absolute Gasteiger partial charge is 0.0486 e. The van der Waals surface area contributed by atoms with Crippen LogP contribution in [0.15, 0.2) is 24.4 Å². The standard InChI is InChI=1S/C15H22N2/c1-10(2)8-17-9-14(12(4)16)13-6-5-11(3)7-15(13)17/h5-7,9-10,12H,8,16H2,1-4H3/t12-/m1/s1. The van der Waals surface area contributed by atoms with Gasteiger partial charge in [0, 0.05) is 29.7 Å². The van der Waals surface area contributed by atoms with Gasteiger partial charge in [-0.1, -0.05) is 26.0 Å². The highest BCUT2D eigenvalue weighted by Crippen LogP contribution is 2.27. The Kier molecular flexibility index (Phi) is 3.25. The molecule has 1 aromatic carbocycles. The maximum atomic E-state index is 6.05. The van der Waals surface area contributed by atoms with Gasteiger partial charge in [-0.25, -0.2) is 0 Å². The van der Waals surface area contributed by atoms with Gasteiger partial charge in [0.1, 0.15) is 0 Å². The molecular formula is C15H22N2. The first kappa shape index (κ1) is 12.2. The van der Waals surface area contributed by atoms with E-state index in [4.69, 9.17) is 5.73 Å². The first-order valence-electron chi connectivity index (χ1n) is 6.34. The van der Waals surface area contributed by atoms with E-state index in [1.807, 2.05) is 6.92 Å². The fraction of sp³-hybridized carbons (Fsp3) is 0.467. The molecular weight excluding hydrogens is 208 g/mol. The third-order valence-electron chi connectivity index (χ3n) is 3.12. The van der Waals surface area contributed by atoms with E-state index in [9.17, 15) is 0 Å². The van der Waals surface area contributed by atoms with Crippen molar-refractivity contribution in [1.29, 1.82) is 0 Å². The summed E-state index contributed by atoms with van der Waals surface area (Å²) in [4.78, 5) is 0. The molecule has 1 aromatic heterocycles. The van der Waals surface area contributed by atoms with Crippen molar-refractivity contribution in [3.05, 3.63) is 35.5 Å². The summed E-state index contributed by atoms with van der Waals surface area (Å²) in [6.45, 7) is 9.72. The number of rotatable bonds is 3. The number of nitrogens with zero attached hydrogens (tertiary/aromatic N) is 1. The van der Waals surface area contributed by atoms with E-state index in [-0.39, 0.29) is 6.04 Å². The maximum Gasteiger partial charge on any atom is 0.0486 e. The van der Waals surface area contributed by atoms with Gasteiger partial charge in [-0.3, -0.25) is 0 Å². The molecule has 0 saturated heterocycles. The summed E-state index contributed by atoms with van der Waals surface area (Å²) in [5, 5.41) is 1.30. The zero-order valence-electron chi connectivity index (χ0n) is 11.2. The lowest BCUT2D eigenvalue weighted by Crippen LogP contribution is -2.05. The van der Waals surface area contributed by atoms with E-state index in [2.05, 4.69) is 49.7 Å². The fourth-order valence-electron chi connectivity index (χ4n) is 2.34. The number of hydrogen-bond acceptors (Lipinski definition) is 1. The van der Waals surface area contributed by atoms with Crippen LogP contribution >= 0.6 is 0 Å². The van der Waals surface area contributed by atoms with Crippen LogP contribution in [0.3, 0.4) is 0 Å². The molecule has 0 spiro atoms. The minimum absolute atomic E-state index is 0.0913. The first-order valence-corrected chi connectivity index (χ1v) is 6.34. The Labute approximate surface area is 103 Å². The molecule has 0 saturated carbocycles. The Morgan fingerprint density at radius 1 is 1.24 bits per heavy atom. The highest BCUT2D eigenvalue weighted by atomic mass is 15.0. The van der Waals surface area contributed by atoms with Crippen molar-refractivity contribution in [3.63, 3.8) is 0 Å². The molecule has 2 N–H and O–H groups in total. The number of fused-ring (bicyclic) bond motifs is 1. The van der Waals surface area contributed by atoms with Crippen LogP contribution in [0.25, 0.3) is 10.9 Å². The summed E-state index contributed by atoms with van der Waals surface area (Å²) in [6.07, 6.45) is 2.22. The van der Waals surface area contributed by atoms with Crippen LogP contribution in [0.5, 0.6) is 0 Å². The molecule has 1 atom stereocenters. The molecule has 17 heavy (non-hydrogen) atoms. The predicted molar refractivity (Wildman–Crippen MR) is 74.1 cm³/mol. The lowest BCUT2D eigenvalue weighted by Gasteiger charge is -2.08. The van der Waals surface area contributed by atoms with Crippen molar-refractivity contribution < 1.29 is 0 Å². The number of aromatic nitrogens is 1. The van der Waals surface area contributed by atoms with E-state index in [1.165, 1.54) is 22.0 Å². The largest absolute Gasteiger partial charge is 0.347 e.